The van der Waals surface area contributed by atoms with Crippen molar-refractivity contribution in [3.63, 3.8) is 0 Å². The van der Waals surface area contributed by atoms with Crippen molar-refractivity contribution in [2.75, 3.05) is 4.90 Å². The summed E-state index contributed by atoms with van der Waals surface area (Å²) in [4.78, 5) is 16.0. The summed E-state index contributed by atoms with van der Waals surface area (Å²) in [6.07, 6.45) is 13.7. The van der Waals surface area contributed by atoms with Gasteiger partial charge in [-0.1, -0.05) is 39.7 Å². The van der Waals surface area contributed by atoms with Crippen LogP contribution in [0.2, 0.25) is 0 Å². The van der Waals surface area contributed by atoms with Gasteiger partial charge in [-0.05, 0) is 87.2 Å². The summed E-state index contributed by atoms with van der Waals surface area (Å²) in [5, 5.41) is 21.9. The normalized spacial score (nSPS) is 32.2. The number of nitrogens with zero attached hydrogens (tertiary/aromatic N) is 1. The maximum Gasteiger partial charge on any atom is 0.348 e. The van der Waals surface area contributed by atoms with Crippen LogP contribution in [-0.2, 0) is 0 Å². The van der Waals surface area contributed by atoms with Crippen molar-refractivity contribution < 1.29 is 15.0 Å². The van der Waals surface area contributed by atoms with Gasteiger partial charge in [0.05, 0.1) is 5.69 Å². The molecular formula is C27H41NO3S. The second-order valence-electron chi connectivity index (χ2n) is 10.9. The van der Waals surface area contributed by atoms with Gasteiger partial charge >= 0.3 is 5.97 Å². The summed E-state index contributed by atoms with van der Waals surface area (Å²) >= 11 is 1.41. The number of carbonyl (C=O) groups is 1. The minimum atomic E-state index is -0.862. The third kappa shape index (κ3) is 5.09. The van der Waals surface area contributed by atoms with E-state index in [1.54, 1.807) is 0 Å². The molecule has 0 aromatic carbocycles. The smallest absolute Gasteiger partial charge is 0.348 e. The standard InChI is InChI=1S/C27H41NO3S/c1-17-9-12-21(13-10-17)26(29)28(22-14-11-18(2)19(3)15-22)23-16-24(32-25(23)27(30)31)20-7-5-4-6-8-20/h7,16-19,21-22,26,29H,4-6,8-15H2,1-3H3,(H,30,31). The number of allylic oxidation sites excluding steroid dienone is 2. The van der Waals surface area contributed by atoms with Crippen LogP contribution >= 0.6 is 11.3 Å². The van der Waals surface area contributed by atoms with Gasteiger partial charge in [-0.2, -0.15) is 0 Å². The van der Waals surface area contributed by atoms with Crippen LogP contribution in [0.1, 0.15) is 106 Å². The lowest BCUT2D eigenvalue weighted by molar-refractivity contribution is 0.0562. The minimum absolute atomic E-state index is 0.205. The first-order valence-corrected chi connectivity index (χ1v) is 13.7. The lowest BCUT2D eigenvalue weighted by Crippen LogP contribution is -2.50. The Balaban J connectivity index is 1.71. The molecule has 1 aromatic heterocycles. The molecule has 0 bridgehead atoms. The number of aromatic carboxylic acids is 1. The first-order chi connectivity index (χ1) is 15.3. The summed E-state index contributed by atoms with van der Waals surface area (Å²) < 4.78 is 0. The number of anilines is 1. The fourth-order valence-corrected chi connectivity index (χ4v) is 7.15. The number of aliphatic hydroxyl groups is 1. The van der Waals surface area contributed by atoms with E-state index < -0.39 is 12.2 Å². The van der Waals surface area contributed by atoms with E-state index in [0.717, 1.165) is 74.3 Å². The highest BCUT2D eigenvalue weighted by Crippen LogP contribution is 2.44. The predicted molar refractivity (Wildman–Crippen MR) is 133 cm³/mol. The topological polar surface area (TPSA) is 60.8 Å². The van der Waals surface area contributed by atoms with Gasteiger partial charge in [-0.3, -0.25) is 0 Å². The molecule has 2 fully saturated rings. The van der Waals surface area contributed by atoms with Crippen molar-refractivity contribution in [3.8, 4) is 0 Å². The molecule has 0 aliphatic heterocycles. The highest BCUT2D eigenvalue weighted by atomic mass is 32.1. The molecule has 3 aliphatic carbocycles. The largest absolute Gasteiger partial charge is 0.477 e. The summed E-state index contributed by atoms with van der Waals surface area (Å²) in [5.41, 5.74) is 2.06. The van der Waals surface area contributed by atoms with Gasteiger partial charge in [0.2, 0.25) is 0 Å². The van der Waals surface area contributed by atoms with Crippen LogP contribution in [0.4, 0.5) is 5.69 Å². The fourth-order valence-electron chi connectivity index (χ4n) is 6.08. The van der Waals surface area contributed by atoms with E-state index in [-0.39, 0.29) is 12.0 Å². The number of rotatable bonds is 6. The number of hydrogen-bond donors (Lipinski definition) is 2. The molecule has 0 amide bonds. The van der Waals surface area contributed by atoms with Crippen LogP contribution < -0.4 is 4.90 Å². The Morgan fingerprint density at radius 2 is 1.81 bits per heavy atom. The van der Waals surface area contributed by atoms with Crippen LogP contribution in [0.5, 0.6) is 0 Å². The summed E-state index contributed by atoms with van der Waals surface area (Å²) in [5.74, 6) is 1.36. The molecule has 2 saturated carbocycles. The zero-order valence-corrected chi connectivity index (χ0v) is 20.9. The van der Waals surface area contributed by atoms with Gasteiger partial charge in [-0.25, -0.2) is 4.79 Å². The molecule has 1 heterocycles. The Morgan fingerprint density at radius 3 is 2.44 bits per heavy atom. The summed E-state index contributed by atoms with van der Waals surface area (Å²) in [6, 6.07) is 2.30. The van der Waals surface area contributed by atoms with Gasteiger partial charge in [-0.15, -0.1) is 11.3 Å². The molecule has 4 atom stereocenters. The van der Waals surface area contributed by atoms with Crippen LogP contribution in [0, 0.1) is 23.7 Å². The van der Waals surface area contributed by atoms with E-state index in [4.69, 9.17) is 0 Å². The van der Waals surface area contributed by atoms with E-state index in [0.29, 0.717) is 16.7 Å². The summed E-state index contributed by atoms with van der Waals surface area (Å²) in [7, 11) is 0. The zero-order valence-electron chi connectivity index (χ0n) is 20.1. The van der Waals surface area contributed by atoms with Gasteiger partial charge in [0, 0.05) is 16.8 Å². The number of hydrogen-bond acceptors (Lipinski definition) is 4. The SMILES string of the molecule is CC1CCC(C(O)N(c2cc(C3=CCCCC3)sc2C(=O)O)C2CCC(C)C(C)C2)CC1. The van der Waals surface area contributed by atoms with Gasteiger partial charge in [0.15, 0.2) is 0 Å². The Hall–Kier alpha value is -1.33. The van der Waals surface area contributed by atoms with E-state index in [2.05, 4.69) is 37.8 Å². The number of aliphatic hydroxyl groups excluding tert-OH is 1. The van der Waals surface area contributed by atoms with Crippen LogP contribution in [0.25, 0.3) is 5.57 Å². The molecule has 0 saturated heterocycles. The Morgan fingerprint density at radius 1 is 1.06 bits per heavy atom. The Bertz CT molecular complexity index is 823. The fraction of sp³-hybridized carbons (Fsp3) is 0.741. The first kappa shape index (κ1) is 23.8. The first-order valence-electron chi connectivity index (χ1n) is 12.9. The molecular weight excluding hydrogens is 418 g/mol. The second-order valence-corrected chi connectivity index (χ2v) is 11.9. The number of carboxylic acid groups (broad SMARTS) is 1. The molecule has 32 heavy (non-hydrogen) atoms. The van der Waals surface area contributed by atoms with Gasteiger partial charge < -0.3 is 15.1 Å². The number of carboxylic acids is 1. The van der Waals surface area contributed by atoms with Gasteiger partial charge in [0.1, 0.15) is 11.1 Å². The van der Waals surface area contributed by atoms with Crippen molar-refractivity contribution in [2.45, 2.75) is 104 Å². The average Bonchev–Trinajstić information content (AvgIpc) is 3.23. The maximum absolute atomic E-state index is 12.3. The van der Waals surface area contributed by atoms with Crippen molar-refractivity contribution in [2.24, 2.45) is 23.7 Å². The van der Waals surface area contributed by atoms with Crippen LogP contribution in [-0.4, -0.2) is 28.5 Å². The number of thiophene rings is 1. The molecule has 1 aromatic rings. The third-order valence-corrected chi connectivity index (χ3v) is 9.71. The Kier molecular flexibility index (Phi) is 7.66. The monoisotopic (exact) mass is 459 g/mol. The molecule has 4 unspecified atom stereocenters. The molecule has 2 N–H and O–H groups in total. The molecule has 178 valence electrons. The highest BCUT2D eigenvalue weighted by molar-refractivity contribution is 7.15. The summed E-state index contributed by atoms with van der Waals surface area (Å²) in [6.45, 7) is 6.94. The molecule has 0 spiro atoms. The maximum atomic E-state index is 12.3. The molecule has 3 aliphatic rings. The van der Waals surface area contributed by atoms with Crippen molar-refractivity contribution in [1.29, 1.82) is 0 Å². The molecule has 4 nitrogen and oxygen atoms in total. The average molecular weight is 460 g/mol. The van der Waals surface area contributed by atoms with Crippen LogP contribution in [0.3, 0.4) is 0 Å². The predicted octanol–water partition coefficient (Wildman–Crippen LogP) is 7.18. The molecule has 0 radical (unpaired) electrons. The van der Waals surface area contributed by atoms with E-state index in [1.165, 1.54) is 29.8 Å². The minimum Gasteiger partial charge on any atom is -0.477 e. The lowest BCUT2D eigenvalue weighted by atomic mass is 9.77. The third-order valence-electron chi connectivity index (χ3n) is 8.52. The van der Waals surface area contributed by atoms with E-state index >= 15 is 0 Å². The van der Waals surface area contributed by atoms with Crippen molar-refractivity contribution >= 4 is 28.6 Å². The zero-order chi connectivity index (χ0) is 22.8. The lowest BCUT2D eigenvalue weighted by Gasteiger charge is -2.45. The van der Waals surface area contributed by atoms with E-state index in [1.807, 2.05) is 0 Å². The van der Waals surface area contributed by atoms with Crippen molar-refractivity contribution in [3.05, 3.63) is 21.9 Å². The quantitative estimate of drug-likeness (QED) is 0.442. The molecule has 5 heteroatoms. The second kappa shape index (κ2) is 10.3. The van der Waals surface area contributed by atoms with Crippen LogP contribution in [0.15, 0.2) is 12.1 Å². The van der Waals surface area contributed by atoms with Crippen molar-refractivity contribution in [1.82, 2.24) is 0 Å². The van der Waals surface area contributed by atoms with E-state index in [9.17, 15) is 15.0 Å². The molecule has 4 rings (SSSR count). The Labute approximate surface area is 197 Å². The van der Waals surface area contributed by atoms with Gasteiger partial charge in [0.25, 0.3) is 0 Å². The highest BCUT2D eigenvalue weighted by Gasteiger charge is 2.38.